The number of hydrogen-bond acceptors (Lipinski definition) is 7. The Labute approximate surface area is 286 Å². The van der Waals surface area contributed by atoms with E-state index in [2.05, 4.69) is 47.6 Å². The monoisotopic (exact) mass is 672 g/mol. The summed E-state index contributed by atoms with van der Waals surface area (Å²) >= 11 is 0. The summed E-state index contributed by atoms with van der Waals surface area (Å²) in [7, 11) is 0. The van der Waals surface area contributed by atoms with Crippen LogP contribution in [0.5, 0.6) is 0 Å². The maximum absolute atomic E-state index is 13.9. The second-order valence-electron chi connectivity index (χ2n) is 18.7. The van der Waals surface area contributed by atoms with E-state index < -0.39 is 52.5 Å². The number of carboxylic acids is 2. The zero-order valence-corrected chi connectivity index (χ0v) is 30.6. The van der Waals surface area contributed by atoms with Crippen molar-refractivity contribution in [2.75, 3.05) is 0 Å². The highest BCUT2D eigenvalue weighted by atomic mass is 16.8. The first-order chi connectivity index (χ1) is 22.3. The molecular weight excluding hydrogens is 612 g/mol. The number of allylic oxidation sites excluding steroid dienone is 1. The molecular formula is C39H60O9. The summed E-state index contributed by atoms with van der Waals surface area (Å²) in [6.45, 7) is 19.2. The molecule has 0 spiro atoms. The van der Waals surface area contributed by atoms with Crippen LogP contribution in [0.15, 0.2) is 11.6 Å². The third-order valence-electron chi connectivity index (χ3n) is 16.1. The zero-order chi connectivity index (χ0) is 35.0. The number of fused-ring (bicyclic) bond motifs is 8. The molecule has 15 atom stereocenters. The minimum absolute atomic E-state index is 0.112. The van der Waals surface area contributed by atoms with Gasteiger partial charge in [-0.3, -0.25) is 9.59 Å². The third kappa shape index (κ3) is 4.45. The fourth-order valence-corrected chi connectivity index (χ4v) is 13.5. The summed E-state index contributed by atoms with van der Waals surface area (Å²) in [5.74, 6) is -1.69. The number of aliphatic hydroxyl groups excluding tert-OH is 1. The molecule has 0 radical (unpaired) electrons. The zero-order valence-electron chi connectivity index (χ0n) is 30.6. The molecule has 48 heavy (non-hydrogen) atoms. The van der Waals surface area contributed by atoms with Gasteiger partial charge in [-0.15, -0.1) is 0 Å². The van der Waals surface area contributed by atoms with Crippen LogP contribution >= 0.6 is 0 Å². The number of carbonyl (C=O) groups is 2. The molecule has 5 aliphatic carbocycles. The van der Waals surface area contributed by atoms with Crippen molar-refractivity contribution in [3.05, 3.63) is 11.6 Å². The summed E-state index contributed by atoms with van der Waals surface area (Å²) in [6.07, 6.45) is 5.50. The molecule has 270 valence electrons. The van der Waals surface area contributed by atoms with Gasteiger partial charge in [-0.2, -0.15) is 0 Å². The van der Waals surface area contributed by atoms with E-state index in [4.69, 9.17) is 18.9 Å². The lowest BCUT2D eigenvalue weighted by atomic mass is 9.33. The summed E-state index contributed by atoms with van der Waals surface area (Å²) in [4.78, 5) is 26.9. The molecule has 0 bridgehead atoms. The van der Waals surface area contributed by atoms with Crippen molar-refractivity contribution >= 4 is 11.9 Å². The molecule has 9 heteroatoms. The topological polar surface area (TPSA) is 132 Å². The maximum Gasteiger partial charge on any atom is 0.314 e. The number of aliphatic carboxylic acids is 2. The molecule has 6 fully saturated rings. The molecule has 7 aliphatic rings. The Morgan fingerprint density at radius 2 is 1.52 bits per heavy atom. The lowest BCUT2D eigenvalue weighted by molar-refractivity contribution is -0.312. The lowest BCUT2D eigenvalue weighted by Gasteiger charge is -2.70. The summed E-state index contributed by atoms with van der Waals surface area (Å²) < 4.78 is 25.1. The SMILES string of the molecule is CC1CC[C@]2(C(=O)O)CC[C@]3(C(=O)O)C(=CCC4[C@@]5(C)CCC(OC6OC(C)C7OC(C)(C)OC7C6O)C(C)(C)C5CC[C@]43C)C2C1C. The second-order valence-corrected chi connectivity index (χ2v) is 18.7. The standard InChI is InChI=1S/C39H60O9/c1-20-12-17-38(32(41)42)18-19-39(33(43)44)23(27(38)21(20)2)10-11-25-36(8)15-14-26(34(4,5)24(36)13-16-37(25,39)9)46-31-28(40)30-29(22(3)45-31)47-35(6,7)48-30/h10,20-22,24-31,40H,11-19H2,1-9H3,(H,41,42)(H,43,44)/t20?,21?,22?,24?,25?,26?,27?,28?,29?,30?,31?,36-,37+,38-,39+/m0/s1. The van der Waals surface area contributed by atoms with Crippen molar-refractivity contribution in [3.8, 4) is 0 Å². The first kappa shape index (κ1) is 34.9. The van der Waals surface area contributed by atoms with Gasteiger partial charge in [-0.25, -0.2) is 0 Å². The van der Waals surface area contributed by atoms with Crippen LogP contribution in [-0.2, 0) is 28.5 Å². The van der Waals surface area contributed by atoms with Gasteiger partial charge >= 0.3 is 11.9 Å². The molecule has 2 aliphatic heterocycles. The van der Waals surface area contributed by atoms with Crippen molar-refractivity contribution in [2.45, 2.75) is 163 Å². The quantitative estimate of drug-likeness (QED) is 0.218. The number of ether oxygens (including phenoxy) is 4. The van der Waals surface area contributed by atoms with Crippen LogP contribution in [0, 0.1) is 56.7 Å². The highest BCUT2D eigenvalue weighted by Crippen LogP contribution is 2.76. The Morgan fingerprint density at radius 1 is 0.833 bits per heavy atom. The van der Waals surface area contributed by atoms with Crippen LogP contribution in [0.4, 0.5) is 0 Å². The van der Waals surface area contributed by atoms with E-state index in [1.54, 1.807) is 0 Å². The third-order valence-corrected chi connectivity index (χ3v) is 16.1. The average Bonchev–Trinajstić information content (AvgIpc) is 3.34. The van der Waals surface area contributed by atoms with Crippen molar-refractivity contribution in [1.29, 1.82) is 0 Å². The van der Waals surface area contributed by atoms with Gasteiger partial charge in [0.15, 0.2) is 12.1 Å². The number of hydrogen-bond donors (Lipinski definition) is 3. The Morgan fingerprint density at radius 3 is 2.19 bits per heavy atom. The number of rotatable bonds is 4. The Balaban J connectivity index is 1.20. The predicted molar refractivity (Wildman–Crippen MR) is 178 cm³/mol. The van der Waals surface area contributed by atoms with Crippen LogP contribution in [0.3, 0.4) is 0 Å². The largest absolute Gasteiger partial charge is 0.481 e. The molecule has 3 N–H and O–H groups in total. The van der Waals surface area contributed by atoms with Crippen LogP contribution in [0.1, 0.15) is 120 Å². The van der Waals surface area contributed by atoms with E-state index in [1.165, 1.54) is 0 Å². The van der Waals surface area contributed by atoms with Crippen molar-refractivity contribution < 1.29 is 43.9 Å². The minimum atomic E-state index is -1.07. The molecule has 9 nitrogen and oxygen atoms in total. The molecule has 11 unspecified atom stereocenters. The Hall–Kier alpha value is -1.52. The van der Waals surface area contributed by atoms with Crippen molar-refractivity contribution in [1.82, 2.24) is 0 Å². The molecule has 2 saturated heterocycles. The molecule has 0 aromatic heterocycles. The Bertz CT molecular complexity index is 1370. The van der Waals surface area contributed by atoms with Gasteiger partial charge in [0.2, 0.25) is 0 Å². The van der Waals surface area contributed by atoms with Crippen molar-refractivity contribution in [2.24, 2.45) is 56.7 Å². The molecule has 2 heterocycles. The second kappa shape index (κ2) is 11.0. The maximum atomic E-state index is 13.9. The molecule has 0 aromatic carbocycles. The van der Waals surface area contributed by atoms with E-state index in [0.29, 0.717) is 25.2 Å². The lowest BCUT2D eigenvalue weighted by Crippen LogP contribution is -2.68. The fourth-order valence-electron chi connectivity index (χ4n) is 13.5. The van der Waals surface area contributed by atoms with E-state index in [1.807, 2.05) is 20.8 Å². The van der Waals surface area contributed by atoms with Gasteiger partial charge in [-0.05, 0) is 124 Å². The summed E-state index contributed by atoms with van der Waals surface area (Å²) in [5.41, 5.74) is -1.92. The predicted octanol–water partition coefficient (Wildman–Crippen LogP) is 6.80. The van der Waals surface area contributed by atoms with Gasteiger partial charge in [0.05, 0.1) is 23.0 Å². The van der Waals surface area contributed by atoms with Crippen LogP contribution < -0.4 is 0 Å². The minimum Gasteiger partial charge on any atom is -0.481 e. The van der Waals surface area contributed by atoms with E-state index in [0.717, 1.165) is 44.1 Å². The van der Waals surface area contributed by atoms with Crippen LogP contribution in [-0.4, -0.2) is 69.9 Å². The van der Waals surface area contributed by atoms with Crippen LogP contribution in [0.2, 0.25) is 0 Å². The number of carboxylic acid groups (broad SMARTS) is 2. The van der Waals surface area contributed by atoms with Gasteiger partial charge < -0.3 is 34.3 Å². The highest BCUT2D eigenvalue weighted by molar-refractivity contribution is 5.84. The van der Waals surface area contributed by atoms with Gasteiger partial charge in [0.25, 0.3) is 0 Å². The van der Waals surface area contributed by atoms with Crippen molar-refractivity contribution in [3.63, 3.8) is 0 Å². The van der Waals surface area contributed by atoms with Gasteiger partial charge in [0.1, 0.15) is 18.3 Å². The smallest absolute Gasteiger partial charge is 0.314 e. The number of aliphatic hydroxyl groups is 1. The van der Waals surface area contributed by atoms with E-state index in [-0.39, 0.29) is 52.8 Å². The van der Waals surface area contributed by atoms with E-state index >= 15 is 0 Å². The molecule has 0 amide bonds. The average molecular weight is 673 g/mol. The van der Waals surface area contributed by atoms with Gasteiger partial charge in [0, 0.05) is 0 Å². The molecule has 7 rings (SSSR count). The first-order valence-electron chi connectivity index (χ1n) is 18.8. The first-order valence-corrected chi connectivity index (χ1v) is 18.8. The summed E-state index contributed by atoms with van der Waals surface area (Å²) in [6, 6.07) is 0. The van der Waals surface area contributed by atoms with Gasteiger partial charge in [-0.1, -0.05) is 53.2 Å². The summed E-state index contributed by atoms with van der Waals surface area (Å²) in [5, 5.41) is 33.5. The molecule has 0 aromatic rings. The normalized spacial score (nSPS) is 53.6. The van der Waals surface area contributed by atoms with Crippen LogP contribution in [0.25, 0.3) is 0 Å². The fraction of sp³-hybridized carbons (Fsp3) is 0.897. The van der Waals surface area contributed by atoms with E-state index in [9.17, 15) is 24.9 Å². The molecule has 4 saturated carbocycles. The Kier molecular flexibility index (Phi) is 7.99. The highest BCUT2D eigenvalue weighted by Gasteiger charge is 2.73.